The Bertz CT molecular complexity index is 1250. The monoisotopic (exact) mass is 530 g/mol. The Morgan fingerprint density at radius 2 is 1.88 bits per heavy atom. The van der Waals surface area contributed by atoms with E-state index in [1.165, 1.54) is 22.7 Å². The number of alkyl halides is 2. The number of amides is 2. The number of benzene rings is 2. The van der Waals surface area contributed by atoms with E-state index >= 15 is 0 Å². The number of urea groups is 1. The van der Waals surface area contributed by atoms with E-state index < -0.39 is 18.3 Å². The van der Waals surface area contributed by atoms with E-state index in [0.717, 1.165) is 10.0 Å². The molecule has 3 heterocycles. The van der Waals surface area contributed by atoms with Crippen molar-refractivity contribution in [3.8, 4) is 11.1 Å². The SMILES string of the molecule is O=C(Nc1c(-c2ccccc2F)ccnc1N1CCC(F)(F)C1)N1CCc2cccc(Br)c2C1. The quantitative estimate of drug-likeness (QED) is 0.446. The van der Waals surface area contributed by atoms with E-state index in [9.17, 15) is 18.0 Å². The van der Waals surface area contributed by atoms with Crippen LogP contribution >= 0.6 is 15.9 Å². The number of anilines is 2. The summed E-state index contributed by atoms with van der Waals surface area (Å²) in [4.78, 5) is 20.8. The third-order valence-electron chi connectivity index (χ3n) is 6.30. The molecule has 0 aliphatic carbocycles. The topological polar surface area (TPSA) is 48.5 Å². The standard InChI is InChI=1S/C25H22BrF3N4O/c26-20-6-3-4-16-9-12-32(14-19(16)20)24(34)31-22-18(17-5-1-2-7-21(17)27)8-11-30-23(22)33-13-10-25(28,29)15-33/h1-8,11H,9-10,12-15H2,(H,31,34). The molecule has 1 aromatic heterocycles. The zero-order valence-electron chi connectivity index (χ0n) is 18.2. The molecule has 1 N–H and O–H groups in total. The van der Waals surface area contributed by atoms with Crippen molar-refractivity contribution in [3.63, 3.8) is 0 Å². The van der Waals surface area contributed by atoms with Crippen LogP contribution in [0.1, 0.15) is 17.5 Å². The predicted molar refractivity (Wildman–Crippen MR) is 129 cm³/mol. The molecule has 5 rings (SSSR count). The van der Waals surface area contributed by atoms with Crippen molar-refractivity contribution in [1.29, 1.82) is 0 Å². The summed E-state index contributed by atoms with van der Waals surface area (Å²) in [5, 5.41) is 2.89. The Balaban J connectivity index is 1.51. The number of pyridine rings is 1. The van der Waals surface area contributed by atoms with E-state index in [4.69, 9.17) is 0 Å². The molecule has 2 aromatic carbocycles. The largest absolute Gasteiger partial charge is 0.349 e. The summed E-state index contributed by atoms with van der Waals surface area (Å²) < 4.78 is 43.6. The van der Waals surface area contributed by atoms with E-state index in [1.807, 2.05) is 18.2 Å². The first-order valence-corrected chi connectivity index (χ1v) is 11.8. The number of aromatic nitrogens is 1. The molecule has 2 aliphatic rings. The molecular weight excluding hydrogens is 509 g/mol. The molecule has 1 fully saturated rings. The lowest BCUT2D eigenvalue weighted by Crippen LogP contribution is -2.39. The Labute approximate surface area is 203 Å². The third kappa shape index (κ3) is 4.36. The first kappa shape index (κ1) is 22.7. The summed E-state index contributed by atoms with van der Waals surface area (Å²) in [5.41, 5.74) is 3.09. The fourth-order valence-corrected chi connectivity index (χ4v) is 5.07. The highest BCUT2D eigenvalue weighted by atomic mass is 79.9. The van der Waals surface area contributed by atoms with Crippen LogP contribution in [0, 0.1) is 5.82 Å². The van der Waals surface area contributed by atoms with Crippen LogP contribution in [-0.4, -0.2) is 41.5 Å². The van der Waals surface area contributed by atoms with Crippen LogP contribution in [0.3, 0.4) is 0 Å². The third-order valence-corrected chi connectivity index (χ3v) is 7.04. The summed E-state index contributed by atoms with van der Waals surface area (Å²) >= 11 is 3.55. The van der Waals surface area contributed by atoms with Crippen molar-refractivity contribution in [2.45, 2.75) is 25.3 Å². The van der Waals surface area contributed by atoms with Crippen LogP contribution in [-0.2, 0) is 13.0 Å². The number of nitrogens with zero attached hydrogens (tertiary/aromatic N) is 3. The average Bonchev–Trinajstić information content (AvgIpc) is 3.19. The lowest BCUT2D eigenvalue weighted by molar-refractivity contribution is 0.0257. The van der Waals surface area contributed by atoms with Gasteiger partial charge in [0.2, 0.25) is 0 Å². The van der Waals surface area contributed by atoms with Gasteiger partial charge in [-0.05, 0) is 35.7 Å². The van der Waals surface area contributed by atoms with Crippen molar-refractivity contribution in [3.05, 3.63) is 76.1 Å². The second-order valence-corrected chi connectivity index (χ2v) is 9.40. The van der Waals surface area contributed by atoms with E-state index in [-0.39, 0.29) is 36.1 Å². The number of fused-ring (bicyclic) bond motifs is 1. The van der Waals surface area contributed by atoms with Gasteiger partial charge >= 0.3 is 6.03 Å². The van der Waals surface area contributed by atoms with Crippen molar-refractivity contribution in [2.75, 3.05) is 29.9 Å². The normalized spacial score (nSPS) is 16.9. The smallest absolute Gasteiger partial charge is 0.322 e. The number of carbonyl (C=O) groups is 1. The molecule has 0 unspecified atom stereocenters. The van der Waals surface area contributed by atoms with Gasteiger partial charge in [-0.25, -0.2) is 22.9 Å². The van der Waals surface area contributed by atoms with Crippen molar-refractivity contribution in [1.82, 2.24) is 9.88 Å². The van der Waals surface area contributed by atoms with Crippen LogP contribution < -0.4 is 10.2 Å². The minimum absolute atomic E-state index is 0.0909. The number of hydrogen-bond donors (Lipinski definition) is 1. The predicted octanol–water partition coefficient (Wildman–Crippen LogP) is 6.09. The molecule has 2 amide bonds. The van der Waals surface area contributed by atoms with E-state index in [2.05, 4.69) is 26.2 Å². The number of nitrogens with one attached hydrogen (secondary N) is 1. The van der Waals surface area contributed by atoms with Crippen LogP contribution in [0.15, 0.2) is 59.2 Å². The van der Waals surface area contributed by atoms with Gasteiger partial charge in [-0.2, -0.15) is 0 Å². The molecule has 0 saturated carbocycles. The Morgan fingerprint density at radius 1 is 1.06 bits per heavy atom. The van der Waals surface area contributed by atoms with Gasteiger partial charge in [0, 0.05) is 47.9 Å². The average molecular weight is 531 g/mol. The molecule has 9 heteroatoms. The van der Waals surface area contributed by atoms with Gasteiger partial charge in [0.15, 0.2) is 5.82 Å². The first-order valence-electron chi connectivity index (χ1n) is 11.0. The Kier molecular flexibility index (Phi) is 5.97. The van der Waals surface area contributed by atoms with Crippen LogP contribution in [0.2, 0.25) is 0 Å². The lowest BCUT2D eigenvalue weighted by atomic mass is 10.00. The highest BCUT2D eigenvalue weighted by Gasteiger charge is 2.40. The van der Waals surface area contributed by atoms with Crippen LogP contribution in [0.25, 0.3) is 11.1 Å². The molecule has 0 atom stereocenters. The maximum atomic E-state index is 14.7. The summed E-state index contributed by atoms with van der Waals surface area (Å²) in [7, 11) is 0. The Morgan fingerprint density at radius 3 is 2.65 bits per heavy atom. The summed E-state index contributed by atoms with van der Waals surface area (Å²) in [6.07, 6.45) is 1.85. The molecule has 5 nitrogen and oxygen atoms in total. The van der Waals surface area contributed by atoms with Gasteiger partial charge in [0.25, 0.3) is 5.92 Å². The molecular formula is C25H22BrF3N4O. The fraction of sp³-hybridized carbons (Fsp3) is 0.280. The second-order valence-electron chi connectivity index (χ2n) is 8.54. The van der Waals surface area contributed by atoms with Gasteiger partial charge in [-0.15, -0.1) is 0 Å². The molecule has 0 bridgehead atoms. The highest BCUT2D eigenvalue weighted by molar-refractivity contribution is 9.10. The van der Waals surface area contributed by atoms with Gasteiger partial charge < -0.3 is 15.1 Å². The van der Waals surface area contributed by atoms with Crippen molar-refractivity contribution < 1.29 is 18.0 Å². The molecule has 0 spiro atoms. The van der Waals surface area contributed by atoms with Gasteiger partial charge in [-0.1, -0.05) is 46.3 Å². The molecule has 176 valence electrons. The van der Waals surface area contributed by atoms with Crippen LogP contribution in [0.4, 0.5) is 29.5 Å². The maximum Gasteiger partial charge on any atom is 0.322 e. The summed E-state index contributed by atoms with van der Waals surface area (Å²) in [6.45, 7) is 0.484. The zero-order valence-corrected chi connectivity index (χ0v) is 19.8. The molecule has 3 aromatic rings. The number of carbonyl (C=O) groups excluding carboxylic acids is 1. The minimum atomic E-state index is -2.85. The second kappa shape index (κ2) is 8.94. The van der Waals surface area contributed by atoms with Gasteiger partial charge in [-0.3, -0.25) is 0 Å². The number of rotatable bonds is 3. The van der Waals surface area contributed by atoms with Crippen molar-refractivity contribution >= 4 is 33.5 Å². The first-order chi connectivity index (χ1) is 16.3. The van der Waals surface area contributed by atoms with Crippen LogP contribution in [0.5, 0.6) is 0 Å². The maximum absolute atomic E-state index is 14.7. The van der Waals surface area contributed by atoms with E-state index in [0.29, 0.717) is 25.1 Å². The Hall–Kier alpha value is -3.07. The highest BCUT2D eigenvalue weighted by Crippen LogP contribution is 2.40. The van der Waals surface area contributed by atoms with Gasteiger partial charge in [0.05, 0.1) is 12.2 Å². The molecule has 34 heavy (non-hydrogen) atoms. The molecule has 0 radical (unpaired) electrons. The fourth-order valence-electron chi connectivity index (χ4n) is 4.53. The minimum Gasteiger partial charge on any atom is -0.349 e. The number of halogens is 4. The van der Waals surface area contributed by atoms with E-state index in [1.54, 1.807) is 29.2 Å². The molecule has 1 saturated heterocycles. The lowest BCUT2D eigenvalue weighted by Gasteiger charge is -2.31. The van der Waals surface area contributed by atoms with Gasteiger partial charge in [0.1, 0.15) is 5.82 Å². The summed E-state index contributed by atoms with van der Waals surface area (Å²) in [5.74, 6) is -3.11. The molecule has 2 aliphatic heterocycles. The van der Waals surface area contributed by atoms with Crippen molar-refractivity contribution in [2.24, 2.45) is 0 Å². The summed E-state index contributed by atoms with van der Waals surface area (Å²) in [6, 6.07) is 13.3. The number of hydrogen-bond acceptors (Lipinski definition) is 3. The zero-order chi connectivity index (χ0) is 23.9.